The van der Waals surface area contributed by atoms with E-state index in [2.05, 4.69) is 11.3 Å². The van der Waals surface area contributed by atoms with Crippen LogP contribution in [0.4, 0.5) is 0 Å². The highest BCUT2D eigenvalue weighted by Gasteiger charge is 2.17. The number of aliphatic hydroxyl groups excluding tert-OH is 1. The molecule has 8 nitrogen and oxygen atoms in total. The second kappa shape index (κ2) is 9.07. The predicted octanol–water partition coefficient (Wildman–Crippen LogP) is 1.75. The highest BCUT2D eigenvalue weighted by molar-refractivity contribution is 7.89. The normalized spacial score (nSPS) is 12.1. The number of benzene rings is 1. The van der Waals surface area contributed by atoms with E-state index in [-0.39, 0.29) is 28.3 Å². The lowest BCUT2D eigenvalue weighted by molar-refractivity contribution is -0.113. The van der Waals surface area contributed by atoms with Gasteiger partial charge in [0.25, 0.3) is 0 Å². The second-order valence-corrected chi connectivity index (χ2v) is 7.01. The molecule has 0 unspecified atom stereocenters. The Bertz CT molecular complexity index is 838. The van der Waals surface area contributed by atoms with E-state index in [4.69, 9.17) is 10.1 Å². The molecule has 1 aromatic carbocycles. The van der Waals surface area contributed by atoms with Gasteiger partial charge in [-0.2, -0.15) is 0 Å². The number of Topliss-reactive ketones (excluding diaryl/α,β-unsaturated/α-hetero) is 1. The first-order valence-electron chi connectivity index (χ1n) is 7.46. The first-order chi connectivity index (χ1) is 12.1. The monoisotopic (exact) mass is 380 g/mol. The Kier molecular flexibility index (Phi) is 7.41. The lowest BCUT2D eigenvalue weighted by Gasteiger charge is -2.09. The van der Waals surface area contributed by atoms with Gasteiger partial charge >= 0.3 is 5.97 Å². The van der Waals surface area contributed by atoms with Crippen molar-refractivity contribution in [2.45, 2.75) is 18.7 Å². The molecule has 0 atom stereocenters. The first-order valence-corrected chi connectivity index (χ1v) is 8.94. The summed E-state index contributed by atoms with van der Waals surface area (Å²) in [6.45, 7) is 5.42. The van der Waals surface area contributed by atoms with Gasteiger partial charge in [-0.25, -0.2) is 17.9 Å². The van der Waals surface area contributed by atoms with E-state index in [1.165, 1.54) is 44.2 Å². The summed E-state index contributed by atoms with van der Waals surface area (Å²) in [7, 11) is -3.70. The summed E-state index contributed by atoms with van der Waals surface area (Å²) in [5, 5.41) is 17.3. The van der Waals surface area contributed by atoms with Gasteiger partial charge in [-0.05, 0) is 38.1 Å². The number of sulfonamides is 1. The Balaban J connectivity index is 2.87. The van der Waals surface area contributed by atoms with Gasteiger partial charge in [0.05, 0.1) is 16.0 Å². The Hall–Kier alpha value is -2.78. The topological polar surface area (TPSA) is 134 Å². The molecule has 0 aliphatic rings. The summed E-state index contributed by atoms with van der Waals surface area (Å²) in [5.41, 5.74) is -0.295. The van der Waals surface area contributed by atoms with Crippen LogP contribution in [0.5, 0.6) is 0 Å². The van der Waals surface area contributed by atoms with E-state index in [9.17, 15) is 23.1 Å². The molecule has 0 bridgehead atoms. The third-order valence-corrected chi connectivity index (χ3v) is 4.61. The van der Waals surface area contributed by atoms with Crippen LogP contribution >= 0.6 is 0 Å². The van der Waals surface area contributed by atoms with E-state index < -0.39 is 34.1 Å². The zero-order valence-corrected chi connectivity index (χ0v) is 15.2. The number of aliphatic hydroxyl groups is 1. The molecular formula is C17H20N2O6S. The van der Waals surface area contributed by atoms with Crippen LogP contribution in [0.1, 0.15) is 24.2 Å². The molecule has 0 saturated heterocycles. The molecule has 0 heterocycles. The average molecular weight is 380 g/mol. The van der Waals surface area contributed by atoms with Crippen LogP contribution in [-0.2, 0) is 19.6 Å². The van der Waals surface area contributed by atoms with Gasteiger partial charge in [-0.15, -0.1) is 6.58 Å². The third-order valence-electron chi connectivity index (χ3n) is 3.17. The molecule has 140 valence electrons. The minimum absolute atomic E-state index is 0.0306. The molecule has 3 N–H and O–H groups in total. The van der Waals surface area contributed by atoms with Crippen molar-refractivity contribution < 1.29 is 27.9 Å². The smallest absolute Gasteiger partial charge is 0.338 e. The number of allylic oxidation sites excluding steroid dienone is 1. The molecule has 0 radical (unpaired) electrons. The Morgan fingerprint density at radius 3 is 2.31 bits per heavy atom. The van der Waals surface area contributed by atoms with Crippen molar-refractivity contribution in [2.24, 2.45) is 0 Å². The van der Waals surface area contributed by atoms with Crippen molar-refractivity contribution in [2.75, 3.05) is 13.2 Å². The molecule has 1 rings (SSSR count). The Labute approximate surface area is 151 Å². The molecule has 0 amide bonds. The number of hydrogen-bond donors (Lipinski definition) is 3. The van der Waals surface area contributed by atoms with E-state index >= 15 is 0 Å². The molecule has 0 saturated carbocycles. The SMILES string of the molecule is C=CCNS(=O)(=O)c1ccc(C(=O)OC/C(O)=C(\C(C)=N)C(C)=O)cc1. The Morgan fingerprint density at radius 2 is 1.85 bits per heavy atom. The lowest BCUT2D eigenvalue weighted by Crippen LogP contribution is -2.23. The van der Waals surface area contributed by atoms with E-state index in [0.29, 0.717) is 0 Å². The van der Waals surface area contributed by atoms with Crippen LogP contribution in [0.25, 0.3) is 0 Å². The van der Waals surface area contributed by atoms with Gasteiger partial charge < -0.3 is 15.3 Å². The van der Waals surface area contributed by atoms with Crippen molar-refractivity contribution in [3.63, 3.8) is 0 Å². The van der Waals surface area contributed by atoms with Gasteiger partial charge in [0.1, 0.15) is 12.4 Å². The number of esters is 1. The van der Waals surface area contributed by atoms with E-state index in [1.54, 1.807) is 0 Å². The number of ether oxygens (including phenoxy) is 1. The summed E-state index contributed by atoms with van der Waals surface area (Å²) in [5.74, 6) is -1.86. The van der Waals surface area contributed by atoms with Gasteiger partial charge in [-0.1, -0.05) is 6.08 Å². The van der Waals surface area contributed by atoms with Crippen LogP contribution in [0.2, 0.25) is 0 Å². The van der Waals surface area contributed by atoms with Crippen LogP contribution in [-0.4, -0.2) is 44.1 Å². The molecule has 1 aromatic rings. The predicted molar refractivity (Wildman–Crippen MR) is 95.8 cm³/mol. The fourth-order valence-corrected chi connectivity index (χ4v) is 2.99. The fourth-order valence-electron chi connectivity index (χ4n) is 2.00. The summed E-state index contributed by atoms with van der Waals surface area (Å²) >= 11 is 0. The standard InChI is InChI=1S/C17H20N2O6S/c1-4-9-19-26(23,24)14-7-5-13(6-8-14)17(22)25-10-15(21)16(11(2)18)12(3)20/h4-8,18-19,21H,1,9-10H2,2-3H3/b16-15-,18-11?. The largest absolute Gasteiger partial charge is 0.508 e. The minimum atomic E-state index is -3.70. The molecule has 0 aromatic heterocycles. The van der Waals surface area contributed by atoms with Crippen molar-refractivity contribution in [1.82, 2.24) is 4.72 Å². The molecule has 26 heavy (non-hydrogen) atoms. The quantitative estimate of drug-likeness (QED) is 0.196. The maximum Gasteiger partial charge on any atom is 0.338 e. The summed E-state index contributed by atoms with van der Waals surface area (Å²) in [6.07, 6.45) is 1.40. The second-order valence-electron chi connectivity index (χ2n) is 5.24. The zero-order valence-electron chi connectivity index (χ0n) is 14.4. The molecule has 0 spiro atoms. The van der Waals surface area contributed by atoms with Crippen molar-refractivity contribution in [3.8, 4) is 0 Å². The van der Waals surface area contributed by atoms with Gasteiger partial charge in [0.15, 0.2) is 5.78 Å². The number of carbonyl (C=O) groups excluding carboxylic acids is 2. The fraction of sp³-hybridized carbons (Fsp3) is 0.235. The van der Waals surface area contributed by atoms with E-state index in [1.807, 2.05) is 0 Å². The summed E-state index contributed by atoms with van der Waals surface area (Å²) in [6, 6.07) is 5.00. The van der Waals surface area contributed by atoms with Crippen molar-refractivity contribution in [1.29, 1.82) is 5.41 Å². The van der Waals surface area contributed by atoms with Gasteiger partial charge in [-0.3, -0.25) is 4.79 Å². The average Bonchev–Trinajstić information content (AvgIpc) is 2.57. The maximum absolute atomic E-state index is 12.0. The molecule has 0 fully saturated rings. The molecule has 0 aliphatic carbocycles. The number of ketones is 1. The number of carbonyl (C=O) groups is 2. The zero-order chi connectivity index (χ0) is 19.9. The van der Waals surface area contributed by atoms with Crippen LogP contribution in [0.3, 0.4) is 0 Å². The molecular weight excluding hydrogens is 360 g/mol. The molecule has 9 heteroatoms. The van der Waals surface area contributed by atoms with Gasteiger partial charge in [0, 0.05) is 12.3 Å². The van der Waals surface area contributed by atoms with E-state index in [0.717, 1.165) is 0 Å². The summed E-state index contributed by atoms with van der Waals surface area (Å²) < 4.78 is 31.0. The number of nitrogens with one attached hydrogen (secondary N) is 2. The van der Waals surface area contributed by atoms with Crippen LogP contribution in [0, 0.1) is 5.41 Å². The van der Waals surface area contributed by atoms with Crippen LogP contribution < -0.4 is 4.72 Å². The number of hydrogen-bond acceptors (Lipinski definition) is 7. The van der Waals surface area contributed by atoms with Crippen molar-refractivity contribution in [3.05, 3.63) is 53.8 Å². The van der Waals surface area contributed by atoms with Gasteiger partial charge in [0.2, 0.25) is 10.0 Å². The van der Waals surface area contributed by atoms with Crippen molar-refractivity contribution >= 4 is 27.5 Å². The minimum Gasteiger partial charge on any atom is -0.508 e. The number of rotatable bonds is 9. The first kappa shape index (κ1) is 21.3. The lowest BCUT2D eigenvalue weighted by atomic mass is 10.1. The molecule has 0 aliphatic heterocycles. The highest BCUT2D eigenvalue weighted by Crippen LogP contribution is 2.12. The maximum atomic E-state index is 12.0. The third kappa shape index (κ3) is 5.64. The van der Waals surface area contributed by atoms with Crippen LogP contribution in [0.15, 0.2) is 53.1 Å². The summed E-state index contributed by atoms with van der Waals surface area (Å²) in [4.78, 5) is 23.3. The Morgan fingerprint density at radius 1 is 1.27 bits per heavy atom. The highest BCUT2D eigenvalue weighted by atomic mass is 32.2.